The van der Waals surface area contributed by atoms with Crippen molar-refractivity contribution < 1.29 is 18.3 Å². The fraction of sp³-hybridized carbons (Fsp3) is 0.455. The van der Waals surface area contributed by atoms with Crippen LogP contribution in [-0.4, -0.2) is 17.6 Å². The number of pyridine rings is 1. The van der Waals surface area contributed by atoms with Gasteiger partial charge < -0.3 is 4.74 Å². The van der Waals surface area contributed by atoms with Crippen LogP contribution in [0.15, 0.2) is 10.7 Å². The molecule has 7 heteroatoms. The number of ether oxygens (including phenoxy) is 1. The van der Waals surface area contributed by atoms with Gasteiger partial charge in [0, 0.05) is 10.9 Å². The van der Waals surface area contributed by atoms with Crippen LogP contribution >= 0.6 is 31.9 Å². The molecule has 1 rings (SSSR count). The van der Waals surface area contributed by atoms with Gasteiger partial charge in [0.15, 0.2) is 0 Å². The van der Waals surface area contributed by atoms with E-state index in [0.29, 0.717) is 16.5 Å². The number of hydrogen-bond acceptors (Lipinski definition) is 3. The zero-order chi connectivity index (χ0) is 13.7. The molecular formula is C11H11Br2F2NO2. The minimum absolute atomic E-state index is 0.00583. The van der Waals surface area contributed by atoms with Crippen LogP contribution in [0.4, 0.5) is 8.78 Å². The Kier molecular flexibility index (Phi) is 6.14. The number of alkyl halides is 3. The molecule has 1 aromatic heterocycles. The van der Waals surface area contributed by atoms with Crippen molar-refractivity contribution in [3.8, 4) is 0 Å². The number of carbonyl (C=O) groups is 1. The Labute approximate surface area is 120 Å². The fourth-order valence-corrected chi connectivity index (χ4v) is 2.48. The Bertz CT molecular complexity index is 441. The summed E-state index contributed by atoms with van der Waals surface area (Å²) in [4.78, 5) is 15.1. The van der Waals surface area contributed by atoms with Gasteiger partial charge in [0.25, 0.3) is 6.43 Å². The van der Waals surface area contributed by atoms with Gasteiger partial charge in [-0.2, -0.15) is 0 Å². The number of rotatable bonds is 5. The first-order valence-corrected chi connectivity index (χ1v) is 7.09. The van der Waals surface area contributed by atoms with Gasteiger partial charge in [-0.1, -0.05) is 15.9 Å². The van der Waals surface area contributed by atoms with Gasteiger partial charge in [-0.25, -0.2) is 13.8 Å². The van der Waals surface area contributed by atoms with Crippen LogP contribution in [0, 0.1) is 0 Å². The molecule has 3 nitrogen and oxygen atoms in total. The average Bonchev–Trinajstić information content (AvgIpc) is 2.31. The molecule has 0 aliphatic rings. The van der Waals surface area contributed by atoms with Gasteiger partial charge in [-0.15, -0.1) is 0 Å². The molecule has 0 N–H and O–H groups in total. The topological polar surface area (TPSA) is 39.2 Å². The van der Waals surface area contributed by atoms with E-state index in [1.807, 2.05) is 0 Å². The number of carbonyl (C=O) groups excluding carboxylic acids is 1. The molecule has 0 spiro atoms. The summed E-state index contributed by atoms with van der Waals surface area (Å²) in [6.07, 6.45) is -2.64. The number of halogens is 4. The largest absolute Gasteiger partial charge is 0.466 e. The minimum atomic E-state index is -2.64. The standard InChI is InChI=1S/C11H11Br2F2NO2/c1-2-18-9(17)4-7-6(5-12)3-8(11(14)15)16-10(7)13/h3,11H,2,4-5H2,1H3. The third kappa shape index (κ3) is 3.98. The second-order valence-electron chi connectivity index (χ2n) is 3.39. The summed E-state index contributed by atoms with van der Waals surface area (Å²) in [6.45, 7) is 1.99. The van der Waals surface area contributed by atoms with Crippen molar-refractivity contribution in [2.75, 3.05) is 6.61 Å². The van der Waals surface area contributed by atoms with Crippen LogP contribution in [0.5, 0.6) is 0 Å². The quantitative estimate of drug-likeness (QED) is 0.439. The Morgan fingerprint density at radius 3 is 2.72 bits per heavy atom. The highest BCUT2D eigenvalue weighted by Gasteiger charge is 2.18. The van der Waals surface area contributed by atoms with Gasteiger partial charge in [0.05, 0.1) is 13.0 Å². The van der Waals surface area contributed by atoms with Crippen LogP contribution < -0.4 is 0 Å². The first-order chi connectivity index (χ1) is 8.49. The molecule has 0 amide bonds. The van der Waals surface area contributed by atoms with E-state index in [0.717, 1.165) is 0 Å². The molecule has 18 heavy (non-hydrogen) atoms. The molecule has 100 valence electrons. The van der Waals surface area contributed by atoms with Gasteiger partial charge in [-0.05, 0) is 34.5 Å². The van der Waals surface area contributed by atoms with Crippen molar-refractivity contribution in [3.63, 3.8) is 0 Å². The molecule has 0 atom stereocenters. The summed E-state index contributed by atoms with van der Waals surface area (Å²) in [5, 5.41) is 0.364. The molecule has 0 saturated carbocycles. The maximum absolute atomic E-state index is 12.6. The van der Waals surface area contributed by atoms with E-state index in [1.165, 1.54) is 6.07 Å². The van der Waals surface area contributed by atoms with Crippen molar-refractivity contribution >= 4 is 37.8 Å². The molecule has 0 aromatic carbocycles. The summed E-state index contributed by atoms with van der Waals surface area (Å²) >= 11 is 6.32. The summed E-state index contributed by atoms with van der Waals surface area (Å²) < 4.78 is 30.3. The highest BCUT2D eigenvalue weighted by atomic mass is 79.9. The van der Waals surface area contributed by atoms with E-state index < -0.39 is 12.4 Å². The first-order valence-electron chi connectivity index (χ1n) is 5.17. The van der Waals surface area contributed by atoms with Crippen LogP contribution in [0.25, 0.3) is 0 Å². The van der Waals surface area contributed by atoms with Crippen LogP contribution in [0.1, 0.15) is 30.2 Å². The molecule has 0 bridgehead atoms. The van der Waals surface area contributed by atoms with Crippen LogP contribution in [0.2, 0.25) is 0 Å². The van der Waals surface area contributed by atoms with Gasteiger partial charge in [-0.3, -0.25) is 4.79 Å². The van der Waals surface area contributed by atoms with E-state index in [1.54, 1.807) is 6.92 Å². The average molecular weight is 387 g/mol. The predicted octanol–water partition coefficient (Wildman–Crippen LogP) is 3.78. The monoisotopic (exact) mass is 385 g/mol. The lowest BCUT2D eigenvalue weighted by Gasteiger charge is -2.11. The zero-order valence-corrected chi connectivity index (χ0v) is 12.7. The van der Waals surface area contributed by atoms with Crippen molar-refractivity contribution in [2.45, 2.75) is 25.1 Å². The molecule has 0 aliphatic carbocycles. The summed E-state index contributed by atoms with van der Waals surface area (Å²) in [6, 6.07) is 1.29. The third-order valence-electron chi connectivity index (χ3n) is 2.18. The maximum atomic E-state index is 12.6. The number of nitrogens with zero attached hydrogens (tertiary/aromatic N) is 1. The van der Waals surface area contributed by atoms with Crippen LogP contribution in [-0.2, 0) is 21.3 Å². The lowest BCUT2D eigenvalue weighted by atomic mass is 10.1. The Morgan fingerprint density at radius 1 is 1.56 bits per heavy atom. The molecule has 0 radical (unpaired) electrons. The second kappa shape index (κ2) is 7.13. The fourth-order valence-electron chi connectivity index (χ4n) is 1.39. The van der Waals surface area contributed by atoms with Gasteiger partial charge in [0.1, 0.15) is 10.3 Å². The van der Waals surface area contributed by atoms with Crippen molar-refractivity contribution in [2.24, 2.45) is 0 Å². The van der Waals surface area contributed by atoms with E-state index in [-0.39, 0.29) is 23.3 Å². The Balaban J connectivity index is 3.07. The van der Waals surface area contributed by atoms with Gasteiger partial charge in [0.2, 0.25) is 0 Å². The zero-order valence-electron chi connectivity index (χ0n) is 9.55. The van der Waals surface area contributed by atoms with E-state index in [9.17, 15) is 13.6 Å². The smallest absolute Gasteiger partial charge is 0.310 e. The van der Waals surface area contributed by atoms with E-state index in [4.69, 9.17) is 4.74 Å². The predicted molar refractivity (Wildman–Crippen MR) is 69.9 cm³/mol. The number of hydrogen-bond donors (Lipinski definition) is 0. The lowest BCUT2D eigenvalue weighted by molar-refractivity contribution is -0.142. The SMILES string of the molecule is CCOC(=O)Cc1c(CBr)cc(C(F)F)nc1Br. The van der Waals surface area contributed by atoms with Crippen molar-refractivity contribution in [1.29, 1.82) is 0 Å². The molecule has 0 unspecified atom stereocenters. The molecule has 0 saturated heterocycles. The van der Waals surface area contributed by atoms with E-state index >= 15 is 0 Å². The Morgan fingerprint density at radius 2 is 2.22 bits per heavy atom. The molecule has 1 aromatic rings. The summed E-state index contributed by atoms with van der Waals surface area (Å²) in [7, 11) is 0. The van der Waals surface area contributed by atoms with Crippen molar-refractivity contribution in [1.82, 2.24) is 4.98 Å². The second-order valence-corrected chi connectivity index (χ2v) is 4.70. The van der Waals surface area contributed by atoms with Crippen LogP contribution in [0.3, 0.4) is 0 Å². The third-order valence-corrected chi connectivity index (χ3v) is 3.44. The number of esters is 1. The Hall–Kier alpha value is -0.560. The number of aromatic nitrogens is 1. The molecule has 1 heterocycles. The van der Waals surface area contributed by atoms with Crippen molar-refractivity contribution in [3.05, 3.63) is 27.5 Å². The summed E-state index contributed by atoms with van der Waals surface area (Å²) in [5.74, 6) is -0.410. The van der Waals surface area contributed by atoms with Gasteiger partial charge >= 0.3 is 5.97 Å². The molecule has 0 fully saturated rings. The van der Waals surface area contributed by atoms with E-state index in [2.05, 4.69) is 36.8 Å². The molecular weight excluding hydrogens is 376 g/mol. The highest BCUT2D eigenvalue weighted by molar-refractivity contribution is 9.10. The highest BCUT2D eigenvalue weighted by Crippen LogP contribution is 2.27. The maximum Gasteiger partial charge on any atom is 0.310 e. The normalized spacial score (nSPS) is 10.8. The first kappa shape index (κ1) is 15.5. The minimum Gasteiger partial charge on any atom is -0.466 e. The molecule has 0 aliphatic heterocycles. The lowest BCUT2D eigenvalue weighted by Crippen LogP contribution is -2.11. The summed E-state index contributed by atoms with van der Waals surface area (Å²) in [5.41, 5.74) is 0.846.